The first kappa shape index (κ1) is 20.6. The minimum absolute atomic E-state index is 0.0138. The molecule has 2 aromatic rings. The largest absolute Gasteiger partial charge is 0.495 e. The van der Waals surface area contributed by atoms with Crippen LogP contribution in [-0.4, -0.2) is 52.1 Å². The number of morpholine rings is 1. The van der Waals surface area contributed by atoms with Gasteiger partial charge in [-0.3, -0.25) is 4.79 Å². The van der Waals surface area contributed by atoms with Gasteiger partial charge in [0.2, 0.25) is 10.0 Å². The molecule has 0 aliphatic carbocycles. The van der Waals surface area contributed by atoms with Crippen LogP contribution in [0, 0.1) is 0 Å². The van der Waals surface area contributed by atoms with Gasteiger partial charge in [-0.05, 0) is 29.8 Å². The summed E-state index contributed by atoms with van der Waals surface area (Å²) in [5, 5.41) is 0.321. The Balaban J connectivity index is 1.82. The Labute approximate surface area is 168 Å². The Kier molecular flexibility index (Phi) is 6.56. The zero-order valence-electron chi connectivity index (χ0n) is 15.3. The average Bonchev–Trinajstić information content (AvgIpc) is 2.70. The van der Waals surface area contributed by atoms with Crippen LogP contribution in [0.5, 0.6) is 11.5 Å². The van der Waals surface area contributed by atoms with Gasteiger partial charge in [-0.2, -0.15) is 4.31 Å². The van der Waals surface area contributed by atoms with Crippen LogP contribution in [0.15, 0.2) is 47.4 Å². The number of carbonyl (C=O) groups is 1. The minimum Gasteiger partial charge on any atom is -0.495 e. The number of esters is 1. The number of hydrogen-bond donors (Lipinski definition) is 0. The fraction of sp³-hybridized carbons (Fsp3) is 0.316. The predicted molar refractivity (Wildman–Crippen MR) is 103 cm³/mol. The molecule has 7 nitrogen and oxygen atoms in total. The second-order valence-corrected chi connectivity index (χ2v) is 8.40. The number of methoxy groups -OCH3 is 1. The molecule has 1 fully saturated rings. The number of halogens is 1. The van der Waals surface area contributed by atoms with E-state index in [2.05, 4.69) is 0 Å². The quantitative estimate of drug-likeness (QED) is 0.522. The van der Waals surface area contributed by atoms with Crippen molar-refractivity contribution in [2.75, 3.05) is 33.4 Å². The topological polar surface area (TPSA) is 82.1 Å². The third-order valence-electron chi connectivity index (χ3n) is 4.22. The van der Waals surface area contributed by atoms with Crippen molar-refractivity contribution >= 4 is 27.6 Å². The van der Waals surface area contributed by atoms with Crippen molar-refractivity contribution < 1.29 is 27.4 Å². The van der Waals surface area contributed by atoms with Gasteiger partial charge in [-0.25, -0.2) is 8.42 Å². The fourth-order valence-electron chi connectivity index (χ4n) is 2.81. The Morgan fingerprint density at radius 1 is 1.14 bits per heavy atom. The zero-order chi connectivity index (χ0) is 20.1. The maximum absolute atomic E-state index is 13.0. The van der Waals surface area contributed by atoms with E-state index in [0.29, 0.717) is 23.8 Å². The van der Waals surface area contributed by atoms with Crippen LogP contribution in [0.1, 0.15) is 5.56 Å². The smallest absolute Gasteiger partial charge is 0.315 e. The summed E-state index contributed by atoms with van der Waals surface area (Å²) in [6.45, 7) is 1.21. The van der Waals surface area contributed by atoms with Gasteiger partial charge in [0.1, 0.15) is 16.4 Å². The van der Waals surface area contributed by atoms with E-state index in [1.54, 1.807) is 30.3 Å². The van der Waals surface area contributed by atoms with Gasteiger partial charge in [0.05, 0.1) is 31.8 Å². The third kappa shape index (κ3) is 4.64. The van der Waals surface area contributed by atoms with Crippen molar-refractivity contribution in [1.82, 2.24) is 4.31 Å². The lowest BCUT2D eigenvalue weighted by atomic mass is 10.1. The Bertz CT molecular complexity index is 957. The van der Waals surface area contributed by atoms with Crippen LogP contribution in [0.4, 0.5) is 0 Å². The lowest BCUT2D eigenvalue weighted by molar-refractivity contribution is -0.133. The number of para-hydroxylation sites is 1. The fourth-order valence-corrected chi connectivity index (χ4v) is 4.60. The molecule has 9 heteroatoms. The molecule has 3 rings (SSSR count). The van der Waals surface area contributed by atoms with E-state index in [9.17, 15) is 13.2 Å². The highest BCUT2D eigenvalue weighted by Crippen LogP contribution is 2.29. The van der Waals surface area contributed by atoms with E-state index in [1.807, 2.05) is 0 Å². The maximum atomic E-state index is 13.0. The second kappa shape index (κ2) is 8.91. The number of benzene rings is 2. The third-order valence-corrected chi connectivity index (χ3v) is 6.46. The summed E-state index contributed by atoms with van der Waals surface area (Å²) < 4.78 is 43.1. The Hall–Kier alpha value is -2.13. The molecule has 0 atom stereocenters. The SMILES string of the molecule is COc1ccc(CC(=O)Oc2ccccc2Cl)cc1S(=O)(=O)N1CCOCC1. The maximum Gasteiger partial charge on any atom is 0.315 e. The average molecular weight is 426 g/mol. The first-order valence-corrected chi connectivity index (χ1v) is 10.4. The van der Waals surface area contributed by atoms with Gasteiger partial charge in [0.15, 0.2) is 0 Å². The molecule has 1 aliphatic heterocycles. The molecule has 0 N–H and O–H groups in total. The zero-order valence-corrected chi connectivity index (χ0v) is 16.8. The molecule has 1 aliphatic rings. The summed E-state index contributed by atoms with van der Waals surface area (Å²) in [4.78, 5) is 12.3. The van der Waals surface area contributed by atoms with Crippen molar-refractivity contribution in [3.63, 3.8) is 0 Å². The molecule has 0 spiro atoms. The molecule has 150 valence electrons. The molecule has 0 unspecified atom stereocenters. The predicted octanol–water partition coefficient (Wildman–Crippen LogP) is 2.52. The van der Waals surface area contributed by atoms with Crippen LogP contribution < -0.4 is 9.47 Å². The monoisotopic (exact) mass is 425 g/mol. The molecular formula is C19H20ClNO6S. The van der Waals surface area contributed by atoms with Gasteiger partial charge in [0, 0.05) is 13.1 Å². The van der Waals surface area contributed by atoms with Crippen molar-refractivity contribution in [2.45, 2.75) is 11.3 Å². The molecule has 1 saturated heterocycles. The summed E-state index contributed by atoms with van der Waals surface area (Å²) in [7, 11) is -2.37. The molecule has 28 heavy (non-hydrogen) atoms. The van der Waals surface area contributed by atoms with Crippen LogP contribution >= 0.6 is 11.6 Å². The summed E-state index contributed by atoms with van der Waals surface area (Å²) >= 11 is 5.99. The number of ether oxygens (including phenoxy) is 3. The molecular weight excluding hydrogens is 406 g/mol. The molecule has 0 aromatic heterocycles. The lowest BCUT2D eigenvalue weighted by Gasteiger charge is -2.26. The minimum atomic E-state index is -3.77. The number of nitrogens with zero attached hydrogens (tertiary/aromatic N) is 1. The highest BCUT2D eigenvalue weighted by Gasteiger charge is 2.29. The number of sulfonamides is 1. The van der Waals surface area contributed by atoms with E-state index < -0.39 is 16.0 Å². The van der Waals surface area contributed by atoms with E-state index in [1.165, 1.54) is 23.5 Å². The van der Waals surface area contributed by atoms with Crippen molar-refractivity contribution in [3.8, 4) is 11.5 Å². The van der Waals surface area contributed by atoms with Gasteiger partial charge in [-0.1, -0.05) is 29.8 Å². The summed E-state index contributed by atoms with van der Waals surface area (Å²) in [5.74, 6) is -0.0773. The van der Waals surface area contributed by atoms with Gasteiger partial charge < -0.3 is 14.2 Å². The summed E-state index contributed by atoms with van der Waals surface area (Å²) in [6.07, 6.45) is -0.110. The molecule has 0 amide bonds. The highest BCUT2D eigenvalue weighted by atomic mass is 35.5. The normalized spacial score (nSPS) is 15.2. The molecule has 2 aromatic carbocycles. The van der Waals surface area contributed by atoms with Crippen molar-refractivity contribution in [1.29, 1.82) is 0 Å². The van der Waals surface area contributed by atoms with Crippen LogP contribution in [-0.2, 0) is 26.0 Å². The van der Waals surface area contributed by atoms with Gasteiger partial charge in [0.25, 0.3) is 0 Å². The standard InChI is InChI=1S/C19H20ClNO6S/c1-25-17-7-6-14(13-19(22)27-16-5-3-2-4-15(16)20)12-18(17)28(23,24)21-8-10-26-11-9-21/h2-7,12H,8-11,13H2,1H3. The molecule has 1 heterocycles. The van der Waals surface area contributed by atoms with E-state index in [0.717, 1.165) is 0 Å². The first-order chi connectivity index (χ1) is 13.4. The lowest BCUT2D eigenvalue weighted by Crippen LogP contribution is -2.40. The van der Waals surface area contributed by atoms with E-state index >= 15 is 0 Å². The van der Waals surface area contributed by atoms with Crippen LogP contribution in [0.2, 0.25) is 5.02 Å². The molecule has 0 bridgehead atoms. The van der Waals surface area contributed by atoms with Gasteiger partial charge in [-0.15, -0.1) is 0 Å². The summed E-state index contributed by atoms with van der Waals surface area (Å²) in [6, 6.07) is 11.2. The molecule has 0 radical (unpaired) electrons. The summed E-state index contributed by atoms with van der Waals surface area (Å²) in [5.41, 5.74) is 0.490. The Morgan fingerprint density at radius 2 is 1.86 bits per heavy atom. The van der Waals surface area contributed by atoms with E-state index in [-0.39, 0.29) is 35.9 Å². The van der Waals surface area contributed by atoms with Crippen molar-refractivity contribution in [3.05, 3.63) is 53.1 Å². The number of hydrogen-bond acceptors (Lipinski definition) is 6. The van der Waals surface area contributed by atoms with Gasteiger partial charge >= 0.3 is 5.97 Å². The first-order valence-electron chi connectivity index (χ1n) is 8.62. The van der Waals surface area contributed by atoms with E-state index in [4.69, 9.17) is 25.8 Å². The van der Waals surface area contributed by atoms with Crippen LogP contribution in [0.25, 0.3) is 0 Å². The van der Waals surface area contributed by atoms with Crippen molar-refractivity contribution in [2.24, 2.45) is 0 Å². The number of rotatable bonds is 6. The second-order valence-electron chi connectivity index (χ2n) is 6.08. The molecule has 0 saturated carbocycles. The highest BCUT2D eigenvalue weighted by molar-refractivity contribution is 7.89. The number of carbonyl (C=O) groups excluding carboxylic acids is 1. The van der Waals surface area contributed by atoms with Crippen LogP contribution in [0.3, 0.4) is 0 Å². The Morgan fingerprint density at radius 3 is 2.54 bits per heavy atom.